The molecule has 0 fully saturated rings. The highest BCUT2D eigenvalue weighted by atomic mass is 16.3. The Balaban J connectivity index is 1.05. The van der Waals surface area contributed by atoms with Crippen molar-refractivity contribution >= 4 is 87.9 Å². The van der Waals surface area contributed by atoms with Gasteiger partial charge in [0.2, 0.25) is 0 Å². The van der Waals surface area contributed by atoms with Gasteiger partial charge in [-0.15, -0.1) is 0 Å². The van der Waals surface area contributed by atoms with Crippen LogP contribution in [0.5, 0.6) is 0 Å². The highest BCUT2D eigenvalue weighted by Crippen LogP contribution is 2.48. The van der Waals surface area contributed by atoms with Crippen molar-refractivity contribution in [2.45, 2.75) is 0 Å². The zero-order chi connectivity index (χ0) is 38.6. The molecule has 3 aromatic heterocycles. The van der Waals surface area contributed by atoms with E-state index in [0.717, 1.165) is 50.4 Å². The van der Waals surface area contributed by atoms with Gasteiger partial charge in [-0.25, -0.2) is 0 Å². The van der Waals surface area contributed by atoms with E-state index in [1.165, 1.54) is 70.9 Å². The van der Waals surface area contributed by atoms with Crippen LogP contribution in [0, 0.1) is 0 Å². The minimum absolute atomic E-state index is 0.886. The number of hydrogen-bond acceptors (Lipinski definition) is 2. The first-order valence-corrected chi connectivity index (χ1v) is 20.3. The number of nitrogens with zero attached hydrogens (tertiary/aromatic N) is 2. The molecule has 274 valence electrons. The van der Waals surface area contributed by atoms with Crippen LogP contribution in [0.15, 0.2) is 211 Å². The van der Waals surface area contributed by atoms with Crippen LogP contribution < -0.4 is 4.90 Å². The van der Waals surface area contributed by atoms with Crippen LogP contribution in [0.1, 0.15) is 0 Å². The normalized spacial score (nSPS) is 12.1. The molecule has 0 N–H and O–H groups in total. The molecule has 3 nitrogen and oxygen atoms in total. The first-order valence-electron chi connectivity index (χ1n) is 20.3. The van der Waals surface area contributed by atoms with Crippen molar-refractivity contribution in [1.29, 1.82) is 0 Å². The summed E-state index contributed by atoms with van der Waals surface area (Å²) < 4.78 is 9.68. The summed E-state index contributed by atoms with van der Waals surface area (Å²) in [6, 6.07) is 74.7. The van der Waals surface area contributed by atoms with Gasteiger partial charge in [0, 0.05) is 44.0 Å². The molecule has 10 aromatic carbocycles. The Morgan fingerprint density at radius 1 is 0.356 bits per heavy atom. The maximum atomic E-state index is 7.16. The number of anilines is 3. The Hall–Kier alpha value is -7.88. The summed E-state index contributed by atoms with van der Waals surface area (Å²) in [6.45, 7) is 0. The van der Waals surface area contributed by atoms with Crippen LogP contribution in [-0.4, -0.2) is 4.40 Å². The first-order chi connectivity index (χ1) is 29.3. The molecule has 59 heavy (non-hydrogen) atoms. The summed E-state index contributed by atoms with van der Waals surface area (Å²) in [5.41, 5.74) is 15.4. The second kappa shape index (κ2) is 12.3. The van der Waals surface area contributed by atoms with Gasteiger partial charge < -0.3 is 13.7 Å². The summed E-state index contributed by atoms with van der Waals surface area (Å²) in [6.07, 6.45) is 0. The van der Waals surface area contributed by atoms with E-state index in [1.807, 2.05) is 0 Å². The van der Waals surface area contributed by atoms with Gasteiger partial charge in [0.25, 0.3) is 0 Å². The van der Waals surface area contributed by atoms with Crippen molar-refractivity contribution in [1.82, 2.24) is 4.40 Å². The maximum absolute atomic E-state index is 7.16. The second-order valence-electron chi connectivity index (χ2n) is 15.6. The third-order valence-corrected chi connectivity index (χ3v) is 12.5. The monoisotopic (exact) mass is 750 g/mol. The first kappa shape index (κ1) is 32.2. The zero-order valence-corrected chi connectivity index (χ0v) is 31.9. The number of pyridine rings is 2. The van der Waals surface area contributed by atoms with Gasteiger partial charge in [-0.3, -0.25) is 0 Å². The Morgan fingerprint density at radius 3 is 1.75 bits per heavy atom. The molecule has 13 aromatic rings. The van der Waals surface area contributed by atoms with Crippen molar-refractivity contribution in [3.63, 3.8) is 0 Å². The van der Waals surface area contributed by atoms with E-state index in [9.17, 15) is 0 Å². The van der Waals surface area contributed by atoms with Crippen LogP contribution in [-0.2, 0) is 0 Å². The number of para-hydroxylation sites is 2. The Bertz CT molecular complexity index is 3690. The van der Waals surface area contributed by atoms with Gasteiger partial charge in [0.1, 0.15) is 0 Å². The molecule has 0 amide bonds. The minimum Gasteiger partial charge on any atom is -0.452 e. The lowest BCUT2D eigenvalue weighted by Crippen LogP contribution is -2.11. The molecule has 0 aliphatic carbocycles. The molecular weight excluding hydrogens is 717 g/mol. The second-order valence-corrected chi connectivity index (χ2v) is 15.6. The lowest BCUT2D eigenvalue weighted by Gasteiger charge is -2.28. The third kappa shape index (κ3) is 4.64. The van der Waals surface area contributed by atoms with E-state index >= 15 is 0 Å². The summed E-state index contributed by atoms with van der Waals surface area (Å²) in [5.74, 6) is 0. The average Bonchev–Trinajstić information content (AvgIpc) is 3.31. The molecule has 0 unspecified atom stereocenters. The van der Waals surface area contributed by atoms with E-state index < -0.39 is 0 Å². The molecule has 13 rings (SSSR count). The van der Waals surface area contributed by atoms with Crippen LogP contribution in [0.25, 0.3) is 104 Å². The smallest absolute Gasteiger partial charge is 0.160 e. The fraction of sp³-hybridized carbons (Fsp3) is 0. The molecule has 0 radical (unpaired) electrons. The summed E-state index contributed by atoms with van der Waals surface area (Å²) >= 11 is 0. The third-order valence-electron chi connectivity index (χ3n) is 12.5. The quantitative estimate of drug-likeness (QED) is 0.125. The predicted octanol–water partition coefficient (Wildman–Crippen LogP) is 15.8. The largest absolute Gasteiger partial charge is 0.452 e. The van der Waals surface area contributed by atoms with Gasteiger partial charge in [0.15, 0.2) is 11.2 Å². The zero-order valence-electron chi connectivity index (χ0n) is 31.9. The van der Waals surface area contributed by atoms with E-state index in [4.69, 9.17) is 4.42 Å². The lowest BCUT2D eigenvalue weighted by atomic mass is 9.91. The van der Waals surface area contributed by atoms with Gasteiger partial charge in [-0.05, 0) is 86.3 Å². The maximum Gasteiger partial charge on any atom is 0.160 e. The molecule has 0 spiro atoms. The molecular formula is C56H34N2O. The SMILES string of the molecule is c1ccc(-c2cccc(N(c3ccc(-c4cc5cccc6c7cccc8c9cccc%10ccc%11oc4c(c56)n(c87)c%11c%109)cc3)c3ccccc3-c3ccccc3)c2)cc1. The molecule has 0 bridgehead atoms. The number of rotatable bonds is 6. The fourth-order valence-electron chi connectivity index (χ4n) is 9.91. The summed E-state index contributed by atoms with van der Waals surface area (Å²) in [5, 5.41) is 9.92. The van der Waals surface area contributed by atoms with Crippen molar-refractivity contribution < 1.29 is 4.42 Å². The minimum atomic E-state index is 0.886. The van der Waals surface area contributed by atoms with E-state index in [0.29, 0.717) is 0 Å². The van der Waals surface area contributed by atoms with Gasteiger partial charge in [0.05, 0.1) is 22.2 Å². The van der Waals surface area contributed by atoms with Crippen LogP contribution in [0.3, 0.4) is 0 Å². The topological polar surface area (TPSA) is 20.8 Å². The highest BCUT2D eigenvalue weighted by Gasteiger charge is 2.25. The summed E-state index contributed by atoms with van der Waals surface area (Å²) in [7, 11) is 0. The predicted molar refractivity (Wildman–Crippen MR) is 248 cm³/mol. The molecule has 0 saturated carbocycles. The standard InChI is InChI=1S/C56H34N2O/c1-3-13-35(14-4-1)39-18-9-20-42(33-39)57(49-26-8-7-21-43(49)36-15-5-2-6-16-36)41-30-27-37(28-31-41)48-34-40-19-11-23-45-47-25-12-24-46-44-22-10-17-38-29-32-50-54(51(38)44)58(53(46)47)55(52(40)45)56(48)59-50/h1-34H. The Morgan fingerprint density at radius 2 is 0.966 bits per heavy atom. The van der Waals surface area contributed by atoms with Crippen molar-refractivity contribution in [2.75, 3.05) is 4.90 Å². The van der Waals surface area contributed by atoms with Gasteiger partial charge in [-0.2, -0.15) is 0 Å². The molecule has 3 heteroatoms. The highest BCUT2D eigenvalue weighted by molar-refractivity contribution is 6.33. The van der Waals surface area contributed by atoms with Gasteiger partial charge >= 0.3 is 0 Å². The molecule has 0 atom stereocenters. The van der Waals surface area contributed by atoms with E-state index in [2.05, 4.69) is 216 Å². The van der Waals surface area contributed by atoms with Crippen LogP contribution in [0.2, 0.25) is 0 Å². The number of fused-ring (bicyclic) bond motifs is 2. The fourth-order valence-corrected chi connectivity index (χ4v) is 9.91. The van der Waals surface area contributed by atoms with Crippen molar-refractivity contribution in [3.05, 3.63) is 206 Å². The van der Waals surface area contributed by atoms with Crippen LogP contribution in [0.4, 0.5) is 17.1 Å². The number of hydrogen-bond donors (Lipinski definition) is 0. The number of benzene rings is 10. The Kier molecular flexibility index (Phi) is 6.72. The van der Waals surface area contributed by atoms with E-state index in [-0.39, 0.29) is 0 Å². The van der Waals surface area contributed by atoms with Crippen molar-refractivity contribution in [3.8, 4) is 33.4 Å². The lowest BCUT2D eigenvalue weighted by molar-refractivity contribution is 0.657. The van der Waals surface area contributed by atoms with Crippen LogP contribution >= 0.6 is 0 Å². The Labute approximate surface area is 339 Å². The molecule has 0 aliphatic heterocycles. The van der Waals surface area contributed by atoms with Gasteiger partial charge in [-0.1, -0.05) is 164 Å². The molecule has 0 aliphatic rings. The average molecular weight is 751 g/mol. The molecule has 0 saturated heterocycles. The summed E-state index contributed by atoms with van der Waals surface area (Å²) in [4.78, 5) is 2.39. The number of aromatic nitrogens is 1. The van der Waals surface area contributed by atoms with E-state index in [1.54, 1.807) is 0 Å². The molecule has 3 heterocycles. The van der Waals surface area contributed by atoms with Crippen molar-refractivity contribution in [2.24, 2.45) is 0 Å².